The molecule has 128 valence electrons. The summed E-state index contributed by atoms with van der Waals surface area (Å²) in [5, 5.41) is 2.79. The Morgan fingerprint density at radius 3 is 2.12 bits per heavy atom. The molecule has 0 aliphatic rings. The minimum Gasteiger partial charge on any atom is -0.324 e. The van der Waals surface area contributed by atoms with E-state index in [1.165, 1.54) is 19.1 Å². The summed E-state index contributed by atoms with van der Waals surface area (Å²) in [5.74, 6) is -0.409. The smallest absolute Gasteiger partial charge is 0.242 e. The van der Waals surface area contributed by atoms with Crippen LogP contribution in [-0.4, -0.2) is 20.4 Å². The van der Waals surface area contributed by atoms with E-state index in [1.54, 1.807) is 12.1 Å². The molecule has 0 unspecified atom stereocenters. The van der Waals surface area contributed by atoms with E-state index in [0.717, 1.165) is 15.6 Å². The van der Waals surface area contributed by atoms with Gasteiger partial charge in [0.25, 0.3) is 0 Å². The molecule has 0 aromatic heterocycles. The molecule has 0 saturated carbocycles. The number of benzene rings is 2. The van der Waals surface area contributed by atoms with Crippen LogP contribution in [0.25, 0.3) is 0 Å². The second-order valence-electron chi connectivity index (χ2n) is 5.55. The Bertz CT molecular complexity index is 828. The van der Waals surface area contributed by atoms with Crippen LogP contribution in [0.1, 0.15) is 18.1 Å². The zero-order valence-corrected chi connectivity index (χ0v) is 16.0. The van der Waals surface area contributed by atoms with E-state index in [9.17, 15) is 13.2 Å². The van der Waals surface area contributed by atoms with Gasteiger partial charge in [-0.1, -0.05) is 34.1 Å². The molecule has 0 heterocycles. The van der Waals surface area contributed by atoms with Crippen molar-refractivity contribution in [2.75, 3.05) is 5.32 Å². The molecule has 0 fully saturated rings. The normalized spacial score (nSPS) is 12.7. The number of halogens is 1. The first-order valence-electron chi connectivity index (χ1n) is 7.35. The van der Waals surface area contributed by atoms with Gasteiger partial charge in [0.2, 0.25) is 15.9 Å². The predicted molar refractivity (Wildman–Crippen MR) is 98.5 cm³/mol. The highest BCUT2D eigenvalue weighted by molar-refractivity contribution is 9.10. The van der Waals surface area contributed by atoms with Gasteiger partial charge in [0.05, 0.1) is 10.9 Å². The summed E-state index contributed by atoms with van der Waals surface area (Å²) >= 11 is 3.26. The molecule has 2 rings (SSSR count). The molecule has 2 aromatic carbocycles. The number of nitrogens with one attached hydrogen (secondary N) is 2. The molecule has 5 nitrogen and oxygen atoms in total. The van der Waals surface area contributed by atoms with Crippen LogP contribution in [-0.2, 0) is 14.8 Å². The number of sulfonamides is 1. The zero-order chi connectivity index (χ0) is 17.9. The summed E-state index contributed by atoms with van der Waals surface area (Å²) in [7, 11) is -3.77. The van der Waals surface area contributed by atoms with Crippen molar-refractivity contribution in [1.82, 2.24) is 4.72 Å². The zero-order valence-electron chi connectivity index (χ0n) is 13.6. The average Bonchev–Trinajstić information content (AvgIpc) is 2.51. The van der Waals surface area contributed by atoms with Gasteiger partial charge in [-0.15, -0.1) is 0 Å². The second-order valence-corrected chi connectivity index (χ2v) is 8.18. The van der Waals surface area contributed by atoms with Crippen molar-refractivity contribution in [3.05, 3.63) is 58.1 Å². The number of amides is 1. The SMILES string of the molecule is Cc1cccc(C)c1NC(=O)[C@@H](C)NS(=O)(=O)c1ccc(Br)cc1. The van der Waals surface area contributed by atoms with Gasteiger partial charge in [0.1, 0.15) is 0 Å². The molecule has 0 saturated heterocycles. The largest absolute Gasteiger partial charge is 0.324 e. The number of carbonyl (C=O) groups is 1. The molecule has 24 heavy (non-hydrogen) atoms. The van der Waals surface area contributed by atoms with Gasteiger partial charge in [-0.25, -0.2) is 8.42 Å². The highest BCUT2D eigenvalue weighted by atomic mass is 79.9. The van der Waals surface area contributed by atoms with Crippen LogP contribution in [0.15, 0.2) is 51.8 Å². The Balaban J connectivity index is 2.12. The van der Waals surface area contributed by atoms with Crippen LogP contribution in [0, 0.1) is 13.8 Å². The number of para-hydroxylation sites is 1. The number of aryl methyl sites for hydroxylation is 2. The van der Waals surface area contributed by atoms with Gasteiger partial charge in [0.15, 0.2) is 0 Å². The van der Waals surface area contributed by atoms with Crippen LogP contribution < -0.4 is 10.0 Å². The Morgan fingerprint density at radius 1 is 1.04 bits per heavy atom. The summed E-state index contributed by atoms with van der Waals surface area (Å²) in [5.41, 5.74) is 2.55. The fourth-order valence-corrected chi connectivity index (χ4v) is 3.68. The maximum atomic E-state index is 12.3. The van der Waals surface area contributed by atoms with Crippen molar-refractivity contribution < 1.29 is 13.2 Å². The lowest BCUT2D eigenvalue weighted by Gasteiger charge is -2.17. The topological polar surface area (TPSA) is 75.3 Å². The number of hydrogen-bond acceptors (Lipinski definition) is 3. The van der Waals surface area contributed by atoms with Crippen LogP contribution in [0.5, 0.6) is 0 Å². The van der Waals surface area contributed by atoms with Gasteiger partial charge in [-0.3, -0.25) is 4.79 Å². The third-order valence-electron chi connectivity index (χ3n) is 3.58. The van der Waals surface area contributed by atoms with E-state index < -0.39 is 22.0 Å². The maximum Gasteiger partial charge on any atom is 0.242 e. The van der Waals surface area contributed by atoms with E-state index in [1.807, 2.05) is 32.0 Å². The molecule has 1 atom stereocenters. The first-order chi connectivity index (χ1) is 11.2. The molecule has 0 aliphatic heterocycles. The van der Waals surface area contributed by atoms with Crippen molar-refractivity contribution in [2.45, 2.75) is 31.7 Å². The Labute approximate surface area is 150 Å². The van der Waals surface area contributed by atoms with Gasteiger partial charge >= 0.3 is 0 Å². The molecule has 2 aromatic rings. The van der Waals surface area contributed by atoms with Gasteiger partial charge in [0, 0.05) is 10.2 Å². The highest BCUT2D eigenvalue weighted by Gasteiger charge is 2.22. The summed E-state index contributed by atoms with van der Waals surface area (Å²) in [4.78, 5) is 12.4. The molecule has 2 N–H and O–H groups in total. The monoisotopic (exact) mass is 410 g/mol. The third-order valence-corrected chi connectivity index (χ3v) is 5.66. The highest BCUT2D eigenvalue weighted by Crippen LogP contribution is 2.20. The van der Waals surface area contributed by atoms with Crippen LogP contribution in [0.4, 0.5) is 5.69 Å². The maximum absolute atomic E-state index is 12.3. The molecule has 0 bridgehead atoms. The molecule has 0 aliphatic carbocycles. The minimum absolute atomic E-state index is 0.109. The number of carbonyl (C=O) groups excluding carboxylic acids is 1. The fraction of sp³-hybridized carbons (Fsp3) is 0.235. The first kappa shape index (κ1) is 18.6. The Hall–Kier alpha value is -1.70. The minimum atomic E-state index is -3.77. The number of hydrogen-bond donors (Lipinski definition) is 2. The standard InChI is InChI=1S/C17H19BrN2O3S/c1-11-5-4-6-12(2)16(11)19-17(21)13(3)20-24(22,23)15-9-7-14(18)8-10-15/h4-10,13,20H,1-3H3,(H,19,21)/t13-/m1/s1. The molecule has 7 heteroatoms. The summed E-state index contributed by atoms with van der Waals surface area (Å²) in [6, 6.07) is 11.0. The van der Waals surface area contributed by atoms with E-state index in [2.05, 4.69) is 26.0 Å². The van der Waals surface area contributed by atoms with Crippen molar-refractivity contribution in [1.29, 1.82) is 0 Å². The van der Waals surface area contributed by atoms with E-state index in [-0.39, 0.29) is 4.90 Å². The van der Waals surface area contributed by atoms with E-state index in [4.69, 9.17) is 0 Å². The van der Waals surface area contributed by atoms with Crippen molar-refractivity contribution in [3.63, 3.8) is 0 Å². The number of anilines is 1. The molecule has 1 amide bonds. The van der Waals surface area contributed by atoms with Crippen LogP contribution in [0.2, 0.25) is 0 Å². The van der Waals surface area contributed by atoms with Crippen molar-refractivity contribution >= 4 is 37.5 Å². The Morgan fingerprint density at radius 2 is 1.58 bits per heavy atom. The van der Waals surface area contributed by atoms with Crippen molar-refractivity contribution in [3.8, 4) is 0 Å². The molecular formula is C17H19BrN2O3S. The third kappa shape index (κ3) is 4.43. The fourth-order valence-electron chi connectivity index (χ4n) is 2.21. The van der Waals surface area contributed by atoms with E-state index in [0.29, 0.717) is 5.69 Å². The summed E-state index contributed by atoms with van der Waals surface area (Å²) in [6.45, 7) is 5.29. The van der Waals surface area contributed by atoms with Gasteiger partial charge < -0.3 is 5.32 Å². The quantitative estimate of drug-likeness (QED) is 0.792. The molecule has 0 spiro atoms. The lowest BCUT2D eigenvalue weighted by molar-refractivity contribution is -0.117. The lowest BCUT2D eigenvalue weighted by Crippen LogP contribution is -2.41. The average molecular weight is 411 g/mol. The van der Waals surface area contributed by atoms with E-state index >= 15 is 0 Å². The predicted octanol–water partition coefficient (Wildman–Crippen LogP) is 3.37. The summed E-state index contributed by atoms with van der Waals surface area (Å²) < 4.78 is 27.9. The van der Waals surface area contributed by atoms with Crippen LogP contribution in [0.3, 0.4) is 0 Å². The first-order valence-corrected chi connectivity index (χ1v) is 9.63. The number of rotatable bonds is 5. The van der Waals surface area contributed by atoms with Crippen molar-refractivity contribution in [2.24, 2.45) is 0 Å². The van der Waals surface area contributed by atoms with Gasteiger partial charge in [-0.05, 0) is 56.2 Å². The second kappa shape index (κ2) is 7.46. The van der Waals surface area contributed by atoms with Gasteiger partial charge in [-0.2, -0.15) is 4.72 Å². The summed E-state index contributed by atoms with van der Waals surface area (Å²) in [6.07, 6.45) is 0. The lowest BCUT2D eigenvalue weighted by atomic mass is 10.1. The molecule has 0 radical (unpaired) electrons. The Kier molecular flexibility index (Phi) is 5.79. The molecular weight excluding hydrogens is 392 g/mol. The van der Waals surface area contributed by atoms with Crippen LogP contribution >= 0.6 is 15.9 Å².